The van der Waals surface area contributed by atoms with E-state index in [4.69, 9.17) is 10.00 Å². The minimum absolute atomic E-state index is 0.00584. The number of nitrogens with one attached hydrogen (secondary N) is 1. The largest absolute Gasteiger partial charge is 0.381 e. The minimum Gasteiger partial charge on any atom is -0.381 e. The molecule has 1 amide bonds. The van der Waals surface area contributed by atoms with Gasteiger partial charge in [0.05, 0.1) is 24.5 Å². The van der Waals surface area contributed by atoms with Crippen LogP contribution in [0.3, 0.4) is 0 Å². The molecule has 0 aromatic heterocycles. The van der Waals surface area contributed by atoms with Crippen LogP contribution in [0.4, 0.5) is 0 Å². The molecular weight excluding hydrogens is 204 g/mol. The Labute approximate surface area is 96.0 Å². The molecule has 1 aliphatic heterocycles. The van der Waals surface area contributed by atoms with Crippen molar-refractivity contribution < 1.29 is 9.53 Å². The van der Waals surface area contributed by atoms with E-state index in [1.54, 1.807) is 0 Å². The van der Waals surface area contributed by atoms with Crippen molar-refractivity contribution in [3.05, 3.63) is 0 Å². The Morgan fingerprint density at radius 3 is 2.88 bits per heavy atom. The zero-order valence-electron chi connectivity index (χ0n) is 9.45. The van der Waals surface area contributed by atoms with Gasteiger partial charge in [0.2, 0.25) is 5.91 Å². The van der Waals surface area contributed by atoms with Crippen LogP contribution in [0.25, 0.3) is 0 Å². The molecule has 0 radical (unpaired) electrons. The molecule has 0 bridgehead atoms. The van der Waals surface area contributed by atoms with Gasteiger partial charge in [0.25, 0.3) is 0 Å². The van der Waals surface area contributed by atoms with Crippen molar-refractivity contribution in [3.63, 3.8) is 0 Å². The molecule has 2 aliphatic rings. The highest BCUT2D eigenvalue weighted by molar-refractivity contribution is 5.79. The van der Waals surface area contributed by atoms with E-state index in [1.165, 1.54) is 0 Å². The predicted octanol–water partition coefficient (Wildman–Crippen LogP) is 1.22. The van der Waals surface area contributed by atoms with Gasteiger partial charge in [-0.3, -0.25) is 4.79 Å². The number of rotatable bonds is 2. The number of ether oxygens (including phenoxy) is 1. The summed E-state index contributed by atoms with van der Waals surface area (Å²) in [6, 6.07) is 2.35. The predicted molar refractivity (Wildman–Crippen MR) is 58.4 cm³/mol. The Bertz CT molecular complexity index is 292. The summed E-state index contributed by atoms with van der Waals surface area (Å²) in [7, 11) is 0. The first-order chi connectivity index (χ1) is 7.81. The van der Waals surface area contributed by atoms with E-state index in [-0.39, 0.29) is 23.8 Å². The Balaban J connectivity index is 1.84. The maximum absolute atomic E-state index is 11.9. The van der Waals surface area contributed by atoms with Gasteiger partial charge in [0.15, 0.2) is 0 Å². The lowest BCUT2D eigenvalue weighted by molar-refractivity contribution is -0.129. The molecule has 1 saturated heterocycles. The van der Waals surface area contributed by atoms with Crippen molar-refractivity contribution >= 4 is 5.91 Å². The molecule has 4 nitrogen and oxygen atoms in total. The summed E-state index contributed by atoms with van der Waals surface area (Å²) in [5.74, 6) is 0.0778. The number of carbonyl (C=O) groups is 1. The third kappa shape index (κ3) is 2.53. The monoisotopic (exact) mass is 222 g/mol. The summed E-state index contributed by atoms with van der Waals surface area (Å²) in [6.45, 7) is 1.31. The smallest absolute Gasteiger partial charge is 0.225 e. The van der Waals surface area contributed by atoms with E-state index in [9.17, 15) is 4.79 Å². The van der Waals surface area contributed by atoms with Crippen molar-refractivity contribution in [2.45, 2.75) is 38.1 Å². The van der Waals surface area contributed by atoms with Gasteiger partial charge >= 0.3 is 0 Å². The lowest BCUT2D eigenvalue weighted by Gasteiger charge is -2.24. The van der Waals surface area contributed by atoms with Crippen molar-refractivity contribution in [1.29, 1.82) is 5.26 Å². The van der Waals surface area contributed by atoms with Crippen LogP contribution in [0.15, 0.2) is 0 Å². The molecule has 2 rings (SSSR count). The summed E-state index contributed by atoms with van der Waals surface area (Å²) in [4.78, 5) is 11.9. The second-order valence-electron chi connectivity index (χ2n) is 4.70. The van der Waals surface area contributed by atoms with Gasteiger partial charge in [0.1, 0.15) is 0 Å². The molecule has 1 heterocycles. The number of nitriles is 1. The van der Waals surface area contributed by atoms with Gasteiger partial charge in [-0.05, 0) is 32.1 Å². The second-order valence-corrected chi connectivity index (χ2v) is 4.70. The Morgan fingerprint density at radius 1 is 1.31 bits per heavy atom. The second kappa shape index (κ2) is 5.31. The maximum atomic E-state index is 11.9. The zero-order chi connectivity index (χ0) is 11.4. The zero-order valence-corrected chi connectivity index (χ0v) is 9.45. The highest BCUT2D eigenvalue weighted by Gasteiger charge is 2.31. The van der Waals surface area contributed by atoms with Crippen LogP contribution in [0.1, 0.15) is 32.1 Å². The van der Waals surface area contributed by atoms with Crippen LogP contribution < -0.4 is 5.32 Å². The number of carbonyl (C=O) groups excluding carboxylic acids is 1. The summed E-state index contributed by atoms with van der Waals surface area (Å²) >= 11 is 0. The molecule has 0 aromatic rings. The molecule has 0 aromatic carbocycles. The molecule has 16 heavy (non-hydrogen) atoms. The van der Waals surface area contributed by atoms with E-state index in [0.29, 0.717) is 6.61 Å². The van der Waals surface area contributed by atoms with Crippen LogP contribution in [-0.4, -0.2) is 25.2 Å². The minimum atomic E-state index is -0.00584. The van der Waals surface area contributed by atoms with Gasteiger partial charge in [-0.25, -0.2) is 0 Å². The summed E-state index contributed by atoms with van der Waals surface area (Å²) < 4.78 is 5.30. The van der Waals surface area contributed by atoms with Gasteiger partial charge < -0.3 is 10.1 Å². The number of nitrogens with zero attached hydrogens (tertiary/aromatic N) is 1. The van der Waals surface area contributed by atoms with Gasteiger partial charge in [-0.15, -0.1) is 0 Å². The number of hydrogen-bond acceptors (Lipinski definition) is 3. The fraction of sp³-hybridized carbons (Fsp3) is 0.833. The first-order valence-corrected chi connectivity index (χ1v) is 6.09. The molecule has 1 saturated carbocycles. The highest BCUT2D eigenvalue weighted by Crippen LogP contribution is 2.25. The van der Waals surface area contributed by atoms with Gasteiger partial charge in [-0.1, -0.05) is 0 Å². The van der Waals surface area contributed by atoms with E-state index in [1.807, 2.05) is 0 Å². The SMILES string of the molecule is N#CC1CCCC1NC(=O)C1CCCOC1. The fourth-order valence-corrected chi connectivity index (χ4v) is 2.54. The third-order valence-electron chi connectivity index (χ3n) is 3.54. The van der Waals surface area contributed by atoms with E-state index in [2.05, 4.69) is 11.4 Å². The van der Waals surface area contributed by atoms with Crippen LogP contribution in [0.2, 0.25) is 0 Å². The summed E-state index contributed by atoms with van der Waals surface area (Å²) in [5, 5.41) is 11.9. The molecule has 4 heteroatoms. The number of hydrogen-bond donors (Lipinski definition) is 1. The quantitative estimate of drug-likeness (QED) is 0.764. The third-order valence-corrected chi connectivity index (χ3v) is 3.54. The molecule has 3 atom stereocenters. The fourth-order valence-electron chi connectivity index (χ4n) is 2.54. The molecule has 0 spiro atoms. The lowest BCUT2D eigenvalue weighted by Crippen LogP contribution is -2.42. The average Bonchev–Trinajstić information content (AvgIpc) is 2.77. The van der Waals surface area contributed by atoms with Crippen molar-refractivity contribution in [3.8, 4) is 6.07 Å². The Kier molecular flexibility index (Phi) is 3.79. The standard InChI is InChI=1S/C12H18N2O2/c13-7-9-3-1-5-11(9)14-12(15)10-4-2-6-16-8-10/h9-11H,1-6,8H2,(H,14,15). The van der Waals surface area contributed by atoms with Crippen LogP contribution in [-0.2, 0) is 9.53 Å². The highest BCUT2D eigenvalue weighted by atomic mass is 16.5. The van der Waals surface area contributed by atoms with Gasteiger partial charge in [-0.2, -0.15) is 5.26 Å². The lowest BCUT2D eigenvalue weighted by atomic mass is 9.99. The Hall–Kier alpha value is -1.08. The summed E-state index contributed by atoms with van der Waals surface area (Å²) in [6.07, 6.45) is 4.78. The van der Waals surface area contributed by atoms with E-state index in [0.717, 1.165) is 38.7 Å². The molecule has 2 fully saturated rings. The first kappa shape index (κ1) is 11.4. The van der Waals surface area contributed by atoms with Gasteiger partial charge in [0, 0.05) is 12.6 Å². The van der Waals surface area contributed by atoms with Crippen molar-refractivity contribution in [2.75, 3.05) is 13.2 Å². The molecule has 1 N–H and O–H groups in total. The van der Waals surface area contributed by atoms with Crippen LogP contribution in [0, 0.1) is 23.2 Å². The molecular formula is C12H18N2O2. The number of amides is 1. The van der Waals surface area contributed by atoms with Crippen molar-refractivity contribution in [1.82, 2.24) is 5.32 Å². The topological polar surface area (TPSA) is 62.1 Å². The molecule has 3 unspecified atom stereocenters. The van der Waals surface area contributed by atoms with Crippen molar-refractivity contribution in [2.24, 2.45) is 11.8 Å². The molecule has 88 valence electrons. The van der Waals surface area contributed by atoms with E-state index >= 15 is 0 Å². The normalized spacial score (nSPS) is 34.3. The Morgan fingerprint density at radius 2 is 2.19 bits per heavy atom. The van der Waals surface area contributed by atoms with Crippen LogP contribution >= 0.6 is 0 Å². The van der Waals surface area contributed by atoms with Crippen LogP contribution in [0.5, 0.6) is 0 Å². The first-order valence-electron chi connectivity index (χ1n) is 6.09. The summed E-state index contributed by atoms with van der Waals surface area (Å²) in [5.41, 5.74) is 0. The average molecular weight is 222 g/mol. The van der Waals surface area contributed by atoms with E-state index < -0.39 is 0 Å². The maximum Gasteiger partial charge on any atom is 0.225 e. The molecule has 1 aliphatic carbocycles.